The second-order valence-electron chi connectivity index (χ2n) is 4.59. The maximum Gasteiger partial charge on any atom is 0.416 e. The third-order valence-electron chi connectivity index (χ3n) is 3.01. The second kappa shape index (κ2) is 6.15. The molecule has 112 valence electrons. The number of aliphatic hydroxyl groups is 1. The summed E-state index contributed by atoms with van der Waals surface area (Å²) in [6, 6.07) is 8.79. The molecule has 0 amide bonds. The van der Waals surface area contributed by atoms with Crippen molar-refractivity contribution in [2.75, 3.05) is 0 Å². The van der Waals surface area contributed by atoms with Gasteiger partial charge in [0.2, 0.25) is 0 Å². The van der Waals surface area contributed by atoms with Gasteiger partial charge in [-0.15, -0.1) is 0 Å². The number of alkyl halides is 3. The van der Waals surface area contributed by atoms with Crippen LogP contribution < -0.4 is 0 Å². The Hall–Kier alpha value is -1.40. The smallest absolute Gasteiger partial charge is 0.388 e. The minimum absolute atomic E-state index is 0.0159. The van der Waals surface area contributed by atoms with E-state index in [4.69, 9.17) is 0 Å². The zero-order valence-corrected chi connectivity index (χ0v) is 12.2. The lowest BCUT2D eigenvalue weighted by Crippen LogP contribution is -2.07. The van der Waals surface area contributed by atoms with E-state index in [9.17, 15) is 22.7 Å². The lowest BCUT2D eigenvalue weighted by atomic mass is 10.00. The molecule has 0 aliphatic heterocycles. The zero-order chi connectivity index (χ0) is 15.6. The standard InChI is InChI=1S/C15H11BrF4O/c16-12-8-10(4-5-13(12)17)14(21)7-9-2-1-3-11(6-9)15(18,19)20/h1-6,8,14,21H,7H2. The number of halogens is 5. The summed E-state index contributed by atoms with van der Waals surface area (Å²) in [7, 11) is 0. The molecule has 2 aromatic carbocycles. The third kappa shape index (κ3) is 4.04. The lowest BCUT2D eigenvalue weighted by Gasteiger charge is -2.13. The normalized spacial score (nSPS) is 13.2. The van der Waals surface area contributed by atoms with Crippen LogP contribution in [0.25, 0.3) is 0 Å². The van der Waals surface area contributed by atoms with E-state index in [1.54, 1.807) is 0 Å². The van der Waals surface area contributed by atoms with Crippen molar-refractivity contribution in [3.05, 3.63) is 69.4 Å². The van der Waals surface area contributed by atoms with Crippen molar-refractivity contribution in [1.29, 1.82) is 0 Å². The molecule has 0 heterocycles. The second-order valence-corrected chi connectivity index (χ2v) is 5.45. The van der Waals surface area contributed by atoms with Crippen LogP contribution in [-0.4, -0.2) is 5.11 Å². The molecule has 0 bridgehead atoms. The molecule has 2 rings (SSSR count). The fourth-order valence-electron chi connectivity index (χ4n) is 1.94. The summed E-state index contributed by atoms with van der Waals surface area (Å²) in [4.78, 5) is 0. The minimum atomic E-state index is -4.42. The number of hydrogen-bond acceptors (Lipinski definition) is 1. The summed E-state index contributed by atoms with van der Waals surface area (Å²) >= 11 is 3.00. The first-order chi connectivity index (χ1) is 9.77. The molecule has 0 spiro atoms. The van der Waals surface area contributed by atoms with Gasteiger partial charge in [-0.1, -0.05) is 24.3 Å². The summed E-state index contributed by atoms with van der Waals surface area (Å²) in [5.41, 5.74) is 0.0333. The van der Waals surface area contributed by atoms with Gasteiger partial charge in [0, 0.05) is 6.42 Å². The average Bonchev–Trinajstić information content (AvgIpc) is 2.41. The number of rotatable bonds is 3. The Kier molecular flexibility index (Phi) is 4.68. The van der Waals surface area contributed by atoms with Gasteiger partial charge >= 0.3 is 6.18 Å². The molecule has 0 saturated carbocycles. The summed E-state index contributed by atoms with van der Waals surface area (Å²) in [5.74, 6) is -0.468. The van der Waals surface area contributed by atoms with E-state index in [1.807, 2.05) is 0 Å². The molecular formula is C15H11BrF4O. The molecule has 21 heavy (non-hydrogen) atoms. The van der Waals surface area contributed by atoms with Gasteiger partial charge in [0.05, 0.1) is 16.1 Å². The lowest BCUT2D eigenvalue weighted by molar-refractivity contribution is -0.137. The summed E-state index contributed by atoms with van der Waals surface area (Å²) in [6.45, 7) is 0. The van der Waals surface area contributed by atoms with Crippen LogP contribution in [0.15, 0.2) is 46.9 Å². The molecular weight excluding hydrogens is 352 g/mol. The van der Waals surface area contributed by atoms with Gasteiger partial charge < -0.3 is 5.11 Å². The topological polar surface area (TPSA) is 20.2 Å². The Labute approximate surface area is 127 Å². The molecule has 1 unspecified atom stereocenters. The van der Waals surface area contributed by atoms with E-state index >= 15 is 0 Å². The van der Waals surface area contributed by atoms with Crippen LogP contribution in [0, 0.1) is 5.82 Å². The van der Waals surface area contributed by atoms with Crippen molar-refractivity contribution < 1.29 is 22.7 Å². The zero-order valence-electron chi connectivity index (χ0n) is 10.7. The minimum Gasteiger partial charge on any atom is -0.388 e. The van der Waals surface area contributed by atoms with Crippen LogP contribution in [0.2, 0.25) is 0 Å². The van der Waals surface area contributed by atoms with Gasteiger partial charge in [-0.05, 0) is 45.3 Å². The first-order valence-electron chi connectivity index (χ1n) is 6.06. The quantitative estimate of drug-likeness (QED) is 0.771. The SMILES string of the molecule is OC(Cc1cccc(C(F)(F)F)c1)c1ccc(F)c(Br)c1. The first kappa shape index (κ1) is 16.0. The van der Waals surface area contributed by atoms with Crippen molar-refractivity contribution in [1.82, 2.24) is 0 Å². The van der Waals surface area contributed by atoms with Gasteiger partial charge in [-0.3, -0.25) is 0 Å². The van der Waals surface area contributed by atoms with E-state index in [1.165, 1.54) is 30.3 Å². The summed E-state index contributed by atoms with van der Waals surface area (Å²) in [6.07, 6.45) is -5.41. The fraction of sp³-hybridized carbons (Fsp3) is 0.200. The van der Waals surface area contributed by atoms with Crippen molar-refractivity contribution >= 4 is 15.9 Å². The Morgan fingerprint density at radius 1 is 1.10 bits per heavy atom. The highest BCUT2D eigenvalue weighted by molar-refractivity contribution is 9.10. The Balaban J connectivity index is 2.19. The number of hydrogen-bond donors (Lipinski definition) is 1. The van der Waals surface area contributed by atoms with E-state index in [0.29, 0.717) is 11.1 Å². The van der Waals surface area contributed by atoms with E-state index in [0.717, 1.165) is 12.1 Å². The monoisotopic (exact) mass is 362 g/mol. The highest BCUT2D eigenvalue weighted by atomic mass is 79.9. The maximum absolute atomic E-state index is 13.1. The molecule has 1 N–H and O–H groups in total. The molecule has 6 heteroatoms. The van der Waals surface area contributed by atoms with E-state index in [-0.39, 0.29) is 10.9 Å². The van der Waals surface area contributed by atoms with Crippen molar-refractivity contribution in [3.8, 4) is 0 Å². The molecule has 0 radical (unpaired) electrons. The third-order valence-corrected chi connectivity index (χ3v) is 3.62. The van der Waals surface area contributed by atoms with Gasteiger partial charge in [0.25, 0.3) is 0 Å². The van der Waals surface area contributed by atoms with E-state index in [2.05, 4.69) is 15.9 Å². The number of aliphatic hydroxyl groups excluding tert-OH is 1. The van der Waals surface area contributed by atoms with Crippen LogP contribution in [0.3, 0.4) is 0 Å². The van der Waals surface area contributed by atoms with Gasteiger partial charge in [-0.25, -0.2) is 4.39 Å². The van der Waals surface area contributed by atoms with Crippen molar-refractivity contribution in [2.24, 2.45) is 0 Å². The van der Waals surface area contributed by atoms with Gasteiger partial charge in [-0.2, -0.15) is 13.2 Å². The van der Waals surface area contributed by atoms with Crippen LogP contribution >= 0.6 is 15.9 Å². The average molecular weight is 363 g/mol. The largest absolute Gasteiger partial charge is 0.416 e. The molecule has 0 aliphatic rings. The Morgan fingerprint density at radius 2 is 1.81 bits per heavy atom. The van der Waals surface area contributed by atoms with Crippen LogP contribution in [0.1, 0.15) is 22.8 Å². The fourth-order valence-corrected chi connectivity index (χ4v) is 2.33. The molecule has 1 atom stereocenters. The molecule has 2 aromatic rings. The predicted molar refractivity (Wildman–Crippen MR) is 74.2 cm³/mol. The predicted octanol–water partition coefficient (Wildman–Crippen LogP) is 4.88. The van der Waals surface area contributed by atoms with Crippen LogP contribution in [0.4, 0.5) is 17.6 Å². The summed E-state index contributed by atoms with van der Waals surface area (Å²) in [5, 5.41) is 10.1. The summed E-state index contributed by atoms with van der Waals surface area (Å²) < 4.78 is 51.2. The highest BCUT2D eigenvalue weighted by Gasteiger charge is 2.30. The van der Waals surface area contributed by atoms with Gasteiger partial charge in [0.1, 0.15) is 5.82 Å². The van der Waals surface area contributed by atoms with E-state index < -0.39 is 23.7 Å². The van der Waals surface area contributed by atoms with Crippen molar-refractivity contribution in [2.45, 2.75) is 18.7 Å². The Morgan fingerprint density at radius 3 is 2.43 bits per heavy atom. The first-order valence-corrected chi connectivity index (χ1v) is 6.86. The molecule has 1 nitrogen and oxygen atoms in total. The van der Waals surface area contributed by atoms with Crippen LogP contribution in [0.5, 0.6) is 0 Å². The van der Waals surface area contributed by atoms with Gasteiger partial charge in [0.15, 0.2) is 0 Å². The maximum atomic E-state index is 13.1. The molecule has 0 fully saturated rings. The van der Waals surface area contributed by atoms with Crippen LogP contribution in [-0.2, 0) is 12.6 Å². The van der Waals surface area contributed by atoms with Crippen molar-refractivity contribution in [3.63, 3.8) is 0 Å². The molecule has 0 saturated heterocycles. The highest BCUT2D eigenvalue weighted by Crippen LogP contribution is 2.31. The Bertz CT molecular complexity index is 640. The molecule has 0 aliphatic carbocycles. The molecule has 0 aromatic heterocycles. The number of benzene rings is 2.